The third-order valence-corrected chi connectivity index (χ3v) is 8.20. The fourth-order valence-electron chi connectivity index (χ4n) is 5.12. The second-order valence-electron chi connectivity index (χ2n) is 11.1. The first-order chi connectivity index (χ1) is 18.3. The van der Waals surface area contributed by atoms with Crippen molar-refractivity contribution in [2.24, 2.45) is 0 Å². The van der Waals surface area contributed by atoms with E-state index in [2.05, 4.69) is 10.8 Å². The van der Waals surface area contributed by atoms with Crippen LogP contribution in [0.1, 0.15) is 66.7 Å². The molecule has 0 radical (unpaired) electrons. The third-order valence-electron chi connectivity index (χ3n) is 6.97. The molecule has 8 heteroatoms. The first-order valence-corrected chi connectivity index (χ1v) is 14.8. The standard InChI is InChI=1S/C31H37NO6S/c1-19-20(2)28(32-39(35,36)18-22-11-8-7-9-12-22)21(3)27(29(30(33)34)38-31(4,5)6)26(19)24-14-15-25-23(17-24)13-10-16-37-25/h7-9,11-12,14-15,17,29,32H,10,13,16,18H2,1-6H3,(H,33,34). The van der Waals surface area contributed by atoms with Crippen LogP contribution in [0, 0.1) is 20.8 Å². The van der Waals surface area contributed by atoms with Gasteiger partial charge in [-0.25, -0.2) is 13.2 Å². The van der Waals surface area contributed by atoms with E-state index >= 15 is 0 Å². The second-order valence-corrected chi connectivity index (χ2v) is 12.8. The van der Waals surface area contributed by atoms with Gasteiger partial charge in [-0.15, -0.1) is 0 Å². The summed E-state index contributed by atoms with van der Waals surface area (Å²) in [5.74, 6) is -0.505. The molecule has 1 atom stereocenters. The van der Waals surface area contributed by atoms with Crippen molar-refractivity contribution in [3.63, 3.8) is 0 Å². The summed E-state index contributed by atoms with van der Waals surface area (Å²) in [6, 6.07) is 14.9. The highest BCUT2D eigenvalue weighted by Crippen LogP contribution is 2.44. The van der Waals surface area contributed by atoms with Crippen molar-refractivity contribution < 1.29 is 27.8 Å². The maximum Gasteiger partial charge on any atom is 0.337 e. The molecule has 0 spiro atoms. The third kappa shape index (κ3) is 6.45. The summed E-state index contributed by atoms with van der Waals surface area (Å²) in [6.45, 7) is 11.6. The minimum absolute atomic E-state index is 0.200. The molecule has 4 rings (SSSR count). The molecule has 2 N–H and O–H groups in total. The fourth-order valence-corrected chi connectivity index (χ4v) is 6.44. The van der Waals surface area contributed by atoms with Crippen molar-refractivity contribution in [3.8, 4) is 16.9 Å². The van der Waals surface area contributed by atoms with E-state index in [0.717, 1.165) is 46.4 Å². The Kier molecular flexibility index (Phi) is 8.09. The van der Waals surface area contributed by atoms with Gasteiger partial charge in [0.2, 0.25) is 10.0 Å². The van der Waals surface area contributed by atoms with Crippen molar-refractivity contribution >= 4 is 21.7 Å². The number of benzene rings is 3. The van der Waals surface area contributed by atoms with Gasteiger partial charge in [0.25, 0.3) is 0 Å². The molecule has 0 fully saturated rings. The number of nitrogens with one attached hydrogen (secondary N) is 1. The number of carbonyl (C=O) groups is 1. The Morgan fingerprint density at radius 1 is 1.05 bits per heavy atom. The zero-order valence-corrected chi connectivity index (χ0v) is 24.2. The Labute approximate surface area is 231 Å². The number of anilines is 1. The van der Waals surface area contributed by atoms with Crippen LogP contribution < -0.4 is 9.46 Å². The number of hydrogen-bond acceptors (Lipinski definition) is 5. The second kappa shape index (κ2) is 11.0. The summed E-state index contributed by atoms with van der Waals surface area (Å²) in [7, 11) is -3.79. The molecule has 39 heavy (non-hydrogen) atoms. The summed E-state index contributed by atoms with van der Waals surface area (Å²) in [6.07, 6.45) is 0.463. The van der Waals surface area contributed by atoms with Crippen LogP contribution in [0.5, 0.6) is 5.75 Å². The zero-order valence-electron chi connectivity index (χ0n) is 23.4. The summed E-state index contributed by atoms with van der Waals surface area (Å²) >= 11 is 0. The molecule has 1 heterocycles. The van der Waals surface area contributed by atoms with Crippen LogP contribution in [0.4, 0.5) is 5.69 Å². The SMILES string of the molecule is Cc1c(C)c(-c2ccc3c(c2)CCCO3)c(C(OC(C)(C)C)C(=O)O)c(C)c1NS(=O)(=O)Cc1ccccc1. The monoisotopic (exact) mass is 551 g/mol. The van der Waals surface area contributed by atoms with Crippen molar-refractivity contribution in [2.45, 2.75) is 71.8 Å². The highest BCUT2D eigenvalue weighted by molar-refractivity contribution is 7.91. The van der Waals surface area contributed by atoms with Crippen molar-refractivity contribution in [1.29, 1.82) is 0 Å². The van der Waals surface area contributed by atoms with E-state index in [1.807, 2.05) is 32.0 Å². The van der Waals surface area contributed by atoms with Crippen molar-refractivity contribution in [2.75, 3.05) is 11.3 Å². The molecule has 3 aromatic carbocycles. The van der Waals surface area contributed by atoms with Crippen LogP contribution >= 0.6 is 0 Å². The van der Waals surface area contributed by atoms with Gasteiger partial charge in [-0.2, -0.15) is 0 Å². The van der Waals surface area contributed by atoms with Crippen LogP contribution in [-0.2, 0) is 31.7 Å². The highest BCUT2D eigenvalue weighted by Gasteiger charge is 2.34. The Morgan fingerprint density at radius 2 is 1.74 bits per heavy atom. The van der Waals surface area contributed by atoms with E-state index in [0.29, 0.717) is 29.0 Å². The lowest BCUT2D eigenvalue weighted by molar-refractivity contribution is -0.160. The lowest BCUT2D eigenvalue weighted by atomic mass is 9.84. The number of carboxylic acid groups (broad SMARTS) is 1. The number of fused-ring (bicyclic) bond motifs is 1. The highest BCUT2D eigenvalue weighted by atomic mass is 32.2. The molecule has 0 aliphatic carbocycles. The number of aryl methyl sites for hydroxylation is 1. The predicted molar refractivity (Wildman–Crippen MR) is 154 cm³/mol. The smallest absolute Gasteiger partial charge is 0.337 e. The fraction of sp³-hybridized carbons (Fsp3) is 0.387. The van der Waals surface area contributed by atoms with Crippen LogP contribution in [0.2, 0.25) is 0 Å². The van der Waals surface area contributed by atoms with E-state index in [4.69, 9.17) is 9.47 Å². The van der Waals surface area contributed by atoms with Gasteiger partial charge in [0.1, 0.15) is 5.75 Å². The lowest BCUT2D eigenvalue weighted by Crippen LogP contribution is -2.29. The van der Waals surface area contributed by atoms with Gasteiger partial charge >= 0.3 is 5.97 Å². The Balaban J connectivity index is 1.93. The van der Waals surface area contributed by atoms with E-state index in [1.54, 1.807) is 52.0 Å². The molecule has 1 aliphatic heterocycles. The maximum atomic E-state index is 13.3. The molecule has 208 valence electrons. The predicted octanol–water partition coefficient (Wildman–Crippen LogP) is 6.49. The average Bonchev–Trinajstić information content (AvgIpc) is 2.87. The molecule has 0 saturated heterocycles. The Morgan fingerprint density at radius 3 is 2.38 bits per heavy atom. The minimum Gasteiger partial charge on any atom is -0.493 e. The van der Waals surface area contributed by atoms with E-state index in [9.17, 15) is 18.3 Å². The molecule has 1 aliphatic rings. The van der Waals surface area contributed by atoms with Gasteiger partial charge in [-0.3, -0.25) is 4.72 Å². The summed E-state index contributed by atoms with van der Waals surface area (Å²) in [4.78, 5) is 12.7. The first-order valence-electron chi connectivity index (χ1n) is 13.1. The topological polar surface area (TPSA) is 102 Å². The first kappa shape index (κ1) is 28.6. The number of aliphatic carboxylic acids is 1. The maximum absolute atomic E-state index is 13.3. The zero-order chi connectivity index (χ0) is 28.5. The number of hydrogen-bond donors (Lipinski definition) is 2. The van der Waals surface area contributed by atoms with Gasteiger partial charge in [0.05, 0.1) is 23.6 Å². The average molecular weight is 552 g/mol. The molecule has 0 bridgehead atoms. The van der Waals surface area contributed by atoms with Crippen LogP contribution in [0.3, 0.4) is 0 Å². The Hall–Kier alpha value is -3.36. The molecule has 3 aromatic rings. The largest absolute Gasteiger partial charge is 0.493 e. The molecular weight excluding hydrogens is 514 g/mol. The van der Waals surface area contributed by atoms with Gasteiger partial charge in [0.15, 0.2) is 6.10 Å². The van der Waals surface area contributed by atoms with Gasteiger partial charge < -0.3 is 14.6 Å². The molecule has 7 nitrogen and oxygen atoms in total. The van der Waals surface area contributed by atoms with Gasteiger partial charge in [-0.05, 0) is 105 Å². The molecule has 0 amide bonds. The summed E-state index contributed by atoms with van der Waals surface area (Å²) < 4.78 is 41.2. The molecule has 0 saturated carbocycles. The normalized spacial score (nSPS) is 14.3. The summed E-state index contributed by atoms with van der Waals surface area (Å²) in [5.41, 5.74) is 5.41. The molecular formula is C31H37NO6S. The van der Waals surface area contributed by atoms with E-state index < -0.39 is 27.7 Å². The lowest BCUT2D eigenvalue weighted by Gasteiger charge is -2.31. The molecule has 1 unspecified atom stereocenters. The quantitative estimate of drug-likeness (QED) is 0.332. The van der Waals surface area contributed by atoms with Gasteiger partial charge in [-0.1, -0.05) is 36.4 Å². The van der Waals surface area contributed by atoms with Crippen molar-refractivity contribution in [1.82, 2.24) is 0 Å². The number of carboxylic acids is 1. The van der Waals surface area contributed by atoms with E-state index in [1.165, 1.54) is 0 Å². The minimum atomic E-state index is -3.79. The van der Waals surface area contributed by atoms with Gasteiger partial charge in [0, 0.05) is 5.56 Å². The van der Waals surface area contributed by atoms with Crippen LogP contribution in [0.15, 0.2) is 48.5 Å². The van der Waals surface area contributed by atoms with Crippen LogP contribution in [0.25, 0.3) is 11.1 Å². The summed E-state index contributed by atoms with van der Waals surface area (Å²) in [5, 5.41) is 10.4. The molecule has 0 aromatic heterocycles. The van der Waals surface area contributed by atoms with E-state index in [-0.39, 0.29) is 5.75 Å². The number of sulfonamides is 1. The number of ether oxygens (including phenoxy) is 2. The van der Waals surface area contributed by atoms with Crippen LogP contribution in [-0.4, -0.2) is 31.7 Å². The van der Waals surface area contributed by atoms with Crippen molar-refractivity contribution in [3.05, 3.63) is 81.9 Å². The number of rotatable bonds is 8. The Bertz CT molecular complexity index is 1490.